The van der Waals surface area contributed by atoms with E-state index in [2.05, 4.69) is 15.3 Å². The van der Waals surface area contributed by atoms with Gasteiger partial charge in [-0.15, -0.1) is 0 Å². The maximum Gasteiger partial charge on any atom is 0.251 e. The maximum absolute atomic E-state index is 12.1. The Labute approximate surface area is 133 Å². The van der Waals surface area contributed by atoms with Gasteiger partial charge >= 0.3 is 0 Å². The van der Waals surface area contributed by atoms with Crippen molar-refractivity contribution in [1.82, 2.24) is 15.3 Å². The number of rotatable bonds is 5. The van der Waals surface area contributed by atoms with Crippen LogP contribution in [-0.4, -0.2) is 22.4 Å². The van der Waals surface area contributed by atoms with Crippen LogP contribution in [0, 0.1) is 0 Å². The Kier molecular flexibility index (Phi) is 4.39. The summed E-state index contributed by atoms with van der Waals surface area (Å²) in [6.45, 7) is 0.631. The zero-order valence-corrected chi connectivity index (χ0v) is 12.7. The predicted octanol–water partition coefficient (Wildman–Crippen LogP) is 3.58. The second-order valence-corrected chi connectivity index (χ2v) is 5.56. The molecule has 3 aromatic rings. The number of amides is 1. The number of hydrogen-bond acceptors (Lipinski definition) is 2. The van der Waals surface area contributed by atoms with E-state index in [0.29, 0.717) is 12.1 Å². The van der Waals surface area contributed by atoms with Crippen molar-refractivity contribution in [3.05, 3.63) is 64.9 Å². The normalized spacial score (nSPS) is 10.8. The second-order valence-electron chi connectivity index (χ2n) is 5.12. The minimum Gasteiger partial charge on any atom is -0.352 e. The topological polar surface area (TPSA) is 57.8 Å². The van der Waals surface area contributed by atoms with Crippen molar-refractivity contribution in [3.8, 4) is 0 Å². The summed E-state index contributed by atoms with van der Waals surface area (Å²) in [6.07, 6.45) is 3.39. The molecule has 4 nitrogen and oxygen atoms in total. The summed E-state index contributed by atoms with van der Waals surface area (Å²) in [5, 5.41) is 3.68. The lowest BCUT2D eigenvalue weighted by molar-refractivity contribution is 0.0953. The first-order valence-electron chi connectivity index (χ1n) is 7.18. The first kappa shape index (κ1) is 14.6. The largest absolute Gasteiger partial charge is 0.352 e. The van der Waals surface area contributed by atoms with Gasteiger partial charge in [-0.25, -0.2) is 4.98 Å². The lowest BCUT2D eigenvalue weighted by Crippen LogP contribution is -2.24. The molecule has 0 fully saturated rings. The van der Waals surface area contributed by atoms with Gasteiger partial charge in [0.1, 0.15) is 0 Å². The molecule has 0 spiro atoms. The average molecular weight is 314 g/mol. The second kappa shape index (κ2) is 6.62. The van der Waals surface area contributed by atoms with Gasteiger partial charge < -0.3 is 10.3 Å². The Morgan fingerprint density at radius 1 is 1.23 bits per heavy atom. The van der Waals surface area contributed by atoms with Gasteiger partial charge in [-0.3, -0.25) is 4.79 Å². The van der Waals surface area contributed by atoms with Crippen molar-refractivity contribution in [1.29, 1.82) is 0 Å². The quantitative estimate of drug-likeness (QED) is 0.707. The molecule has 0 atom stereocenters. The van der Waals surface area contributed by atoms with Gasteiger partial charge in [0.2, 0.25) is 0 Å². The number of aromatic amines is 1. The molecule has 0 aliphatic carbocycles. The van der Waals surface area contributed by atoms with Crippen LogP contribution in [0.1, 0.15) is 22.3 Å². The molecule has 0 saturated carbocycles. The SMILES string of the molecule is O=C(NCCCc1cccc(Cl)c1)c1ccc2nc[nH]c2c1. The molecule has 0 unspecified atom stereocenters. The Morgan fingerprint density at radius 3 is 3.00 bits per heavy atom. The fourth-order valence-electron chi connectivity index (χ4n) is 2.37. The third-order valence-electron chi connectivity index (χ3n) is 3.50. The van der Waals surface area contributed by atoms with Crippen molar-refractivity contribution in [2.24, 2.45) is 0 Å². The van der Waals surface area contributed by atoms with E-state index in [1.165, 1.54) is 5.56 Å². The molecule has 5 heteroatoms. The van der Waals surface area contributed by atoms with Gasteiger partial charge in [0.25, 0.3) is 5.91 Å². The van der Waals surface area contributed by atoms with E-state index >= 15 is 0 Å². The highest BCUT2D eigenvalue weighted by atomic mass is 35.5. The summed E-state index contributed by atoms with van der Waals surface area (Å²) < 4.78 is 0. The molecule has 1 aromatic heterocycles. The zero-order chi connectivity index (χ0) is 15.4. The smallest absolute Gasteiger partial charge is 0.251 e. The number of aromatic nitrogens is 2. The van der Waals surface area contributed by atoms with E-state index in [0.717, 1.165) is 28.9 Å². The minimum atomic E-state index is -0.0670. The molecule has 2 N–H and O–H groups in total. The van der Waals surface area contributed by atoms with Crippen molar-refractivity contribution in [3.63, 3.8) is 0 Å². The first-order chi connectivity index (χ1) is 10.7. The summed E-state index contributed by atoms with van der Waals surface area (Å²) in [6, 6.07) is 13.2. The predicted molar refractivity (Wildman–Crippen MR) is 88.2 cm³/mol. The lowest BCUT2D eigenvalue weighted by atomic mass is 10.1. The minimum absolute atomic E-state index is 0.0670. The number of nitrogens with zero attached hydrogens (tertiary/aromatic N) is 1. The van der Waals surface area contributed by atoms with E-state index in [4.69, 9.17) is 11.6 Å². The summed E-state index contributed by atoms with van der Waals surface area (Å²) in [5.41, 5.74) is 3.55. The van der Waals surface area contributed by atoms with Crippen LogP contribution >= 0.6 is 11.6 Å². The standard InChI is InChI=1S/C17H16ClN3O/c18-14-5-1-3-12(9-14)4-2-8-19-17(22)13-6-7-15-16(10-13)21-11-20-15/h1,3,5-7,9-11H,2,4,8H2,(H,19,22)(H,20,21). The Morgan fingerprint density at radius 2 is 2.14 bits per heavy atom. The molecule has 0 bridgehead atoms. The van der Waals surface area contributed by atoms with Crippen LogP contribution in [0.4, 0.5) is 0 Å². The third kappa shape index (κ3) is 3.46. The number of carbonyl (C=O) groups excluding carboxylic acids is 1. The van der Waals surface area contributed by atoms with Gasteiger partial charge in [0, 0.05) is 17.1 Å². The van der Waals surface area contributed by atoms with Crippen molar-refractivity contribution in [2.45, 2.75) is 12.8 Å². The Hall–Kier alpha value is -2.33. The number of imidazole rings is 1. The van der Waals surface area contributed by atoms with Crippen LogP contribution < -0.4 is 5.32 Å². The number of benzene rings is 2. The first-order valence-corrected chi connectivity index (χ1v) is 7.56. The highest BCUT2D eigenvalue weighted by Crippen LogP contribution is 2.13. The highest BCUT2D eigenvalue weighted by Gasteiger charge is 2.06. The van der Waals surface area contributed by atoms with Crippen LogP contribution in [-0.2, 0) is 6.42 Å². The van der Waals surface area contributed by atoms with Gasteiger partial charge in [-0.2, -0.15) is 0 Å². The molecule has 2 aromatic carbocycles. The summed E-state index contributed by atoms with van der Waals surface area (Å²) >= 11 is 5.95. The lowest BCUT2D eigenvalue weighted by Gasteiger charge is -2.06. The van der Waals surface area contributed by atoms with Gasteiger partial charge in [0.15, 0.2) is 0 Å². The summed E-state index contributed by atoms with van der Waals surface area (Å²) in [7, 11) is 0. The monoisotopic (exact) mass is 313 g/mol. The molecule has 3 rings (SSSR count). The van der Waals surface area contributed by atoms with Crippen molar-refractivity contribution in [2.75, 3.05) is 6.54 Å². The fraction of sp³-hybridized carbons (Fsp3) is 0.176. The molecule has 0 aliphatic rings. The number of aryl methyl sites for hydroxylation is 1. The van der Waals surface area contributed by atoms with Crippen molar-refractivity contribution < 1.29 is 4.79 Å². The maximum atomic E-state index is 12.1. The molecule has 22 heavy (non-hydrogen) atoms. The number of fused-ring (bicyclic) bond motifs is 1. The van der Waals surface area contributed by atoms with Gasteiger partial charge in [-0.05, 0) is 48.7 Å². The fourth-order valence-corrected chi connectivity index (χ4v) is 2.58. The Bertz CT molecular complexity index is 797. The van der Waals surface area contributed by atoms with Crippen LogP contribution in [0.5, 0.6) is 0 Å². The van der Waals surface area contributed by atoms with E-state index in [-0.39, 0.29) is 5.91 Å². The third-order valence-corrected chi connectivity index (χ3v) is 3.73. The molecular formula is C17H16ClN3O. The number of carbonyl (C=O) groups is 1. The number of hydrogen-bond donors (Lipinski definition) is 2. The summed E-state index contributed by atoms with van der Waals surface area (Å²) in [4.78, 5) is 19.3. The van der Waals surface area contributed by atoms with E-state index in [9.17, 15) is 4.79 Å². The van der Waals surface area contributed by atoms with E-state index in [1.807, 2.05) is 36.4 Å². The highest BCUT2D eigenvalue weighted by molar-refractivity contribution is 6.30. The summed E-state index contributed by atoms with van der Waals surface area (Å²) in [5.74, 6) is -0.0670. The molecule has 112 valence electrons. The van der Waals surface area contributed by atoms with Crippen LogP contribution in [0.3, 0.4) is 0 Å². The van der Waals surface area contributed by atoms with Crippen LogP contribution in [0.2, 0.25) is 5.02 Å². The number of nitrogens with one attached hydrogen (secondary N) is 2. The molecule has 0 saturated heterocycles. The van der Waals surface area contributed by atoms with Gasteiger partial charge in [-0.1, -0.05) is 23.7 Å². The van der Waals surface area contributed by atoms with Gasteiger partial charge in [0.05, 0.1) is 17.4 Å². The van der Waals surface area contributed by atoms with E-state index in [1.54, 1.807) is 12.4 Å². The van der Waals surface area contributed by atoms with Crippen LogP contribution in [0.25, 0.3) is 11.0 Å². The van der Waals surface area contributed by atoms with Crippen LogP contribution in [0.15, 0.2) is 48.8 Å². The molecule has 0 radical (unpaired) electrons. The number of H-pyrrole nitrogens is 1. The Balaban J connectivity index is 1.51. The zero-order valence-electron chi connectivity index (χ0n) is 12.0. The number of halogens is 1. The van der Waals surface area contributed by atoms with E-state index < -0.39 is 0 Å². The van der Waals surface area contributed by atoms with Crippen molar-refractivity contribution >= 4 is 28.5 Å². The molecule has 1 amide bonds. The molecule has 1 heterocycles. The molecular weight excluding hydrogens is 298 g/mol. The average Bonchev–Trinajstić information content (AvgIpc) is 2.99. The molecule has 0 aliphatic heterocycles.